The number of amides is 1. The molecule has 1 N–H and O–H groups in total. The zero-order valence-corrected chi connectivity index (χ0v) is 19.4. The van der Waals surface area contributed by atoms with Crippen LogP contribution in [0.4, 0.5) is 5.69 Å². The fourth-order valence-corrected chi connectivity index (χ4v) is 6.18. The molecule has 0 bridgehead atoms. The maximum Gasteiger partial charge on any atom is 0.255 e. The number of rotatable bonds is 5. The summed E-state index contributed by atoms with van der Waals surface area (Å²) in [6.45, 7) is 2.88. The minimum Gasteiger partial charge on any atom is -0.322 e. The molecule has 0 aliphatic carbocycles. The van der Waals surface area contributed by atoms with E-state index >= 15 is 0 Å². The number of nitrogens with zero attached hydrogens (tertiary/aromatic N) is 2. The largest absolute Gasteiger partial charge is 0.322 e. The molecular formula is C22H22ClN3O3S2. The van der Waals surface area contributed by atoms with Crippen LogP contribution in [0, 0.1) is 6.92 Å². The number of sulfonamides is 1. The van der Waals surface area contributed by atoms with Crippen molar-refractivity contribution in [1.29, 1.82) is 0 Å². The van der Waals surface area contributed by atoms with Gasteiger partial charge in [-0.3, -0.25) is 4.79 Å². The molecule has 0 radical (unpaired) electrons. The lowest BCUT2D eigenvalue weighted by Crippen LogP contribution is -2.35. The zero-order chi connectivity index (χ0) is 22.0. The van der Waals surface area contributed by atoms with Crippen LogP contribution in [-0.2, 0) is 10.0 Å². The third-order valence-electron chi connectivity index (χ3n) is 5.16. The van der Waals surface area contributed by atoms with Crippen LogP contribution < -0.4 is 5.32 Å². The van der Waals surface area contributed by atoms with E-state index in [2.05, 4.69) is 10.3 Å². The summed E-state index contributed by atoms with van der Waals surface area (Å²) in [5, 5.41) is 5.88. The highest BCUT2D eigenvalue weighted by molar-refractivity contribution is 7.89. The van der Waals surface area contributed by atoms with Crippen LogP contribution in [0.5, 0.6) is 0 Å². The van der Waals surface area contributed by atoms with Crippen molar-refractivity contribution in [3.05, 3.63) is 63.4 Å². The highest BCUT2D eigenvalue weighted by atomic mass is 35.5. The lowest BCUT2D eigenvalue weighted by atomic mass is 10.1. The van der Waals surface area contributed by atoms with Gasteiger partial charge in [-0.15, -0.1) is 11.3 Å². The normalized spacial score (nSPS) is 15.0. The lowest BCUT2D eigenvalue weighted by molar-refractivity contribution is 0.102. The number of aromatic nitrogens is 1. The van der Waals surface area contributed by atoms with Crippen LogP contribution >= 0.6 is 22.9 Å². The van der Waals surface area contributed by atoms with Crippen molar-refractivity contribution in [3.63, 3.8) is 0 Å². The van der Waals surface area contributed by atoms with Gasteiger partial charge < -0.3 is 5.32 Å². The first-order valence-electron chi connectivity index (χ1n) is 9.98. The maximum atomic E-state index is 13.0. The van der Waals surface area contributed by atoms with Crippen LogP contribution in [0.25, 0.3) is 11.3 Å². The van der Waals surface area contributed by atoms with Gasteiger partial charge >= 0.3 is 0 Å². The first kappa shape index (κ1) is 22.0. The third kappa shape index (κ3) is 4.82. The van der Waals surface area contributed by atoms with E-state index in [0.717, 1.165) is 35.5 Å². The molecule has 0 atom stereocenters. The number of anilines is 1. The minimum absolute atomic E-state index is 0.0320. The standard InChI is InChI=1S/C22H22ClN3O3S2/c1-15-24-20(14-30-15)16-6-5-7-18(12-16)25-22(27)17-8-9-19(23)21(13-17)31(28,29)26-10-3-2-4-11-26/h5-9,12-14H,2-4,10-11H2,1H3,(H,25,27). The van der Waals surface area contributed by atoms with Crippen LogP contribution in [-0.4, -0.2) is 36.7 Å². The van der Waals surface area contributed by atoms with Crippen molar-refractivity contribution in [2.24, 2.45) is 0 Å². The van der Waals surface area contributed by atoms with Crippen molar-refractivity contribution >= 4 is 44.6 Å². The number of hydrogen-bond donors (Lipinski definition) is 1. The molecule has 0 unspecified atom stereocenters. The van der Waals surface area contributed by atoms with Crippen LogP contribution in [0.2, 0.25) is 5.02 Å². The second-order valence-corrected chi connectivity index (χ2v) is 10.8. The number of aryl methyl sites for hydroxylation is 1. The van der Waals surface area contributed by atoms with Gasteiger partial charge in [-0.25, -0.2) is 13.4 Å². The Kier molecular flexibility index (Phi) is 6.43. The molecule has 2 aromatic carbocycles. The van der Waals surface area contributed by atoms with Gasteiger partial charge in [-0.05, 0) is 50.1 Å². The average molecular weight is 476 g/mol. The molecule has 1 saturated heterocycles. The van der Waals surface area contributed by atoms with Gasteiger partial charge in [0.2, 0.25) is 10.0 Å². The molecule has 1 fully saturated rings. The molecule has 3 aromatic rings. The van der Waals surface area contributed by atoms with Crippen LogP contribution in [0.15, 0.2) is 52.7 Å². The number of benzene rings is 2. The number of nitrogens with one attached hydrogen (secondary N) is 1. The summed E-state index contributed by atoms with van der Waals surface area (Å²) in [6.07, 6.45) is 2.67. The Morgan fingerprint density at radius 2 is 1.90 bits per heavy atom. The molecule has 9 heteroatoms. The van der Waals surface area contributed by atoms with Gasteiger partial charge in [-0.2, -0.15) is 4.31 Å². The Morgan fingerprint density at radius 3 is 2.61 bits per heavy atom. The van der Waals surface area contributed by atoms with E-state index in [4.69, 9.17) is 11.6 Å². The van der Waals surface area contributed by atoms with Crippen molar-refractivity contribution in [2.75, 3.05) is 18.4 Å². The molecule has 1 aliphatic heterocycles. The predicted octanol–water partition coefficient (Wildman–Crippen LogP) is 5.20. The Balaban J connectivity index is 1.58. The lowest BCUT2D eigenvalue weighted by Gasteiger charge is -2.26. The summed E-state index contributed by atoms with van der Waals surface area (Å²) >= 11 is 7.77. The zero-order valence-electron chi connectivity index (χ0n) is 17.0. The number of piperidine rings is 1. The number of carbonyl (C=O) groups excluding carboxylic acids is 1. The molecule has 162 valence electrons. The van der Waals surface area contributed by atoms with E-state index in [1.165, 1.54) is 22.5 Å². The average Bonchev–Trinajstić information content (AvgIpc) is 3.21. The fourth-order valence-electron chi connectivity index (χ4n) is 3.54. The summed E-state index contributed by atoms with van der Waals surface area (Å²) < 4.78 is 27.5. The monoisotopic (exact) mass is 475 g/mol. The van der Waals surface area contributed by atoms with Crippen molar-refractivity contribution < 1.29 is 13.2 Å². The van der Waals surface area contributed by atoms with E-state index in [1.54, 1.807) is 17.4 Å². The van der Waals surface area contributed by atoms with Gasteiger partial charge in [-0.1, -0.05) is 30.2 Å². The molecule has 4 rings (SSSR count). The molecule has 6 nitrogen and oxygen atoms in total. The molecule has 1 aliphatic rings. The van der Waals surface area contributed by atoms with Crippen LogP contribution in [0.1, 0.15) is 34.6 Å². The first-order valence-corrected chi connectivity index (χ1v) is 12.7. The van der Waals surface area contributed by atoms with E-state index in [1.807, 2.05) is 30.5 Å². The van der Waals surface area contributed by atoms with Crippen molar-refractivity contribution in [2.45, 2.75) is 31.1 Å². The Labute approximate surface area is 190 Å². The molecule has 1 aromatic heterocycles. The molecule has 1 amide bonds. The van der Waals surface area contributed by atoms with E-state index in [9.17, 15) is 13.2 Å². The quantitative estimate of drug-likeness (QED) is 0.550. The smallest absolute Gasteiger partial charge is 0.255 e. The molecular weight excluding hydrogens is 454 g/mol. The molecule has 2 heterocycles. The Hall–Kier alpha value is -2.26. The highest BCUT2D eigenvalue weighted by Crippen LogP contribution is 2.29. The molecule has 0 spiro atoms. The maximum absolute atomic E-state index is 13.0. The second-order valence-electron chi connectivity index (χ2n) is 7.40. The highest BCUT2D eigenvalue weighted by Gasteiger charge is 2.28. The summed E-state index contributed by atoms with van der Waals surface area (Å²) in [5.41, 5.74) is 2.57. The number of carbonyl (C=O) groups is 1. The summed E-state index contributed by atoms with van der Waals surface area (Å²) in [5.74, 6) is -0.404. The fraction of sp³-hybridized carbons (Fsp3) is 0.273. The second kappa shape index (κ2) is 9.08. The predicted molar refractivity (Wildman–Crippen MR) is 124 cm³/mol. The van der Waals surface area contributed by atoms with Crippen LogP contribution in [0.3, 0.4) is 0 Å². The van der Waals surface area contributed by atoms with Crippen molar-refractivity contribution in [1.82, 2.24) is 9.29 Å². The topological polar surface area (TPSA) is 79.4 Å². The minimum atomic E-state index is -3.75. The molecule has 31 heavy (non-hydrogen) atoms. The summed E-state index contributed by atoms with van der Waals surface area (Å²) in [6, 6.07) is 11.7. The van der Waals surface area contributed by atoms with E-state index in [-0.39, 0.29) is 15.5 Å². The number of hydrogen-bond acceptors (Lipinski definition) is 5. The number of thiazole rings is 1. The van der Waals surface area contributed by atoms with Gasteiger partial charge in [0.1, 0.15) is 4.90 Å². The third-order valence-corrected chi connectivity index (χ3v) is 8.32. The van der Waals surface area contributed by atoms with Crippen molar-refractivity contribution in [3.8, 4) is 11.3 Å². The summed E-state index contributed by atoms with van der Waals surface area (Å²) in [7, 11) is -3.75. The Morgan fingerprint density at radius 1 is 1.13 bits per heavy atom. The molecule has 0 saturated carbocycles. The van der Waals surface area contributed by atoms with E-state index < -0.39 is 15.9 Å². The van der Waals surface area contributed by atoms with Gasteiger partial charge in [0.15, 0.2) is 0 Å². The first-order chi connectivity index (χ1) is 14.8. The van der Waals surface area contributed by atoms with E-state index in [0.29, 0.717) is 18.8 Å². The Bertz CT molecular complexity index is 1220. The SMILES string of the molecule is Cc1nc(-c2cccc(NC(=O)c3ccc(Cl)c(S(=O)(=O)N4CCCCC4)c3)c2)cs1. The summed E-state index contributed by atoms with van der Waals surface area (Å²) in [4.78, 5) is 17.3. The van der Waals surface area contributed by atoms with Gasteiger partial charge in [0, 0.05) is 35.3 Å². The van der Waals surface area contributed by atoms with Gasteiger partial charge in [0.25, 0.3) is 5.91 Å². The number of halogens is 1. The van der Waals surface area contributed by atoms with Gasteiger partial charge in [0.05, 0.1) is 15.7 Å².